The lowest BCUT2D eigenvalue weighted by molar-refractivity contribution is 0.102. The molecule has 0 aliphatic rings. The quantitative estimate of drug-likeness (QED) is 0.710. The number of anilines is 1. The normalized spacial score (nSPS) is 10.6. The highest BCUT2D eigenvalue weighted by Gasteiger charge is 2.12. The fourth-order valence-corrected chi connectivity index (χ4v) is 2.40. The van der Waals surface area contributed by atoms with Crippen LogP contribution < -0.4 is 5.32 Å². The second-order valence-corrected chi connectivity index (χ2v) is 5.19. The standard InChI is InChI=1S/C17H13ClN2O/c1-11-9-15(16(18)19-10-11)20-17(21)14-8-4-6-12-5-2-3-7-13(12)14/h2-10H,1H3,(H,20,21). The van der Waals surface area contributed by atoms with Gasteiger partial charge in [0, 0.05) is 11.8 Å². The average Bonchev–Trinajstić information content (AvgIpc) is 2.50. The van der Waals surface area contributed by atoms with E-state index in [1.54, 1.807) is 18.3 Å². The van der Waals surface area contributed by atoms with Gasteiger partial charge in [-0.1, -0.05) is 48.0 Å². The summed E-state index contributed by atoms with van der Waals surface area (Å²) < 4.78 is 0. The van der Waals surface area contributed by atoms with Crippen molar-refractivity contribution in [2.75, 3.05) is 5.32 Å². The molecule has 3 aromatic rings. The van der Waals surface area contributed by atoms with Crippen LogP contribution in [-0.4, -0.2) is 10.9 Å². The van der Waals surface area contributed by atoms with Crippen molar-refractivity contribution in [3.8, 4) is 0 Å². The summed E-state index contributed by atoms with van der Waals surface area (Å²) >= 11 is 6.02. The third kappa shape index (κ3) is 2.73. The number of nitrogens with zero attached hydrogens (tertiary/aromatic N) is 1. The number of carbonyl (C=O) groups excluding carboxylic acids is 1. The SMILES string of the molecule is Cc1cnc(Cl)c(NC(=O)c2cccc3ccccc23)c1. The molecule has 0 atom stereocenters. The van der Waals surface area contributed by atoms with E-state index >= 15 is 0 Å². The van der Waals surface area contributed by atoms with Gasteiger partial charge in [0.2, 0.25) is 0 Å². The lowest BCUT2D eigenvalue weighted by Gasteiger charge is -2.09. The molecule has 1 N–H and O–H groups in total. The molecular weight excluding hydrogens is 284 g/mol. The van der Waals surface area contributed by atoms with E-state index in [2.05, 4.69) is 10.3 Å². The maximum Gasteiger partial charge on any atom is 0.256 e. The molecule has 0 saturated heterocycles. The van der Waals surface area contributed by atoms with Crippen molar-refractivity contribution in [3.05, 3.63) is 71.0 Å². The van der Waals surface area contributed by atoms with Crippen molar-refractivity contribution >= 4 is 34.0 Å². The fourth-order valence-electron chi connectivity index (χ4n) is 2.25. The van der Waals surface area contributed by atoms with Crippen LogP contribution in [0.5, 0.6) is 0 Å². The highest BCUT2D eigenvalue weighted by Crippen LogP contribution is 2.23. The number of nitrogens with one attached hydrogen (secondary N) is 1. The number of aryl methyl sites for hydroxylation is 1. The van der Waals surface area contributed by atoms with Crippen LogP contribution in [0.3, 0.4) is 0 Å². The maximum atomic E-state index is 12.5. The Balaban J connectivity index is 1.99. The van der Waals surface area contributed by atoms with Crippen molar-refractivity contribution in [1.82, 2.24) is 4.98 Å². The number of amides is 1. The topological polar surface area (TPSA) is 42.0 Å². The zero-order valence-electron chi connectivity index (χ0n) is 11.4. The Morgan fingerprint density at radius 2 is 1.90 bits per heavy atom. The van der Waals surface area contributed by atoms with Crippen molar-refractivity contribution in [2.24, 2.45) is 0 Å². The predicted molar refractivity (Wildman–Crippen MR) is 85.9 cm³/mol. The van der Waals surface area contributed by atoms with Crippen molar-refractivity contribution in [2.45, 2.75) is 6.92 Å². The Hall–Kier alpha value is -2.39. The molecule has 2 aromatic carbocycles. The number of rotatable bonds is 2. The molecule has 0 aliphatic heterocycles. The molecule has 21 heavy (non-hydrogen) atoms. The summed E-state index contributed by atoms with van der Waals surface area (Å²) in [6.45, 7) is 1.90. The molecule has 0 unspecified atom stereocenters. The highest BCUT2D eigenvalue weighted by atomic mass is 35.5. The van der Waals surface area contributed by atoms with E-state index in [-0.39, 0.29) is 11.1 Å². The van der Waals surface area contributed by atoms with Gasteiger partial charge in [0.05, 0.1) is 5.69 Å². The molecule has 0 radical (unpaired) electrons. The molecule has 0 saturated carbocycles. The van der Waals surface area contributed by atoms with Crippen LogP contribution in [0.4, 0.5) is 5.69 Å². The Labute approximate surface area is 127 Å². The average molecular weight is 297 g/mol. The number of benzene rings is 2. The van der Waals surface area contributed by atoms with E-state index in [0.717, 1.165) is 16.3 Å². The Morgan fingerprint density at radius 3 is 2.76 bits per heavy atom. The van der Waals surface area contributed by atoms with E-state index in [4.69, 9.17) is 11.6 Å². The van der Waals surface area contributed by atoms with Crippen LogP contribution in [-0.2, 0) is 0 Å². The predicted octanol–water partition coefficient (Wildman–Crippen LogP) is 4.45. The van der Waals surface area contributed by atoms with Gasteiger partial charge in [-0.3, -0.25) is 4.79 Å². The van der Waals surface area contributed by atoms with Crippen molar-refractivity contribution in [3.63, 3.8) is 0 Å². The summed E-state index contributed by atoms with van der Waals surface area (Å²) in [5.41, 5.74) is 2.08. The van der Waals surface area contributed by atoms with E-state index in [1.165, 1.54) is 0 Å². The zero-order valence-corrected chi connectivity index (χ0v) is 12.2. The van der Waals surface area contributed by atoms with Crippen LogP contribution in [0.25, 0.3) is 10.8 Å². The molecular formula is C17H13ClN2O. The van der Waals surface area contributed by atoms with Crippen LogP contribution >= 0.6 is 11.6 Å². The molecule has 4 heteroatoms. The molecule has 0 spiro atoms. The van der Waals surface area contributed by atoms with Crippen LogP contribution in [0.2, 0.25) is 5.15 Å². The summed E-state index contributed by atoms with van der Waals surface area (Å²) in [4.78, 5) is 16.5. The summed E-state index contributed by atoms with van der Waals surface area (Å²) in [6.07, 6.45) is 1.66. The third-order valence-electron chi connectivity index (χ3n) is 3.26. The summed E-state index contributed by atoms with van der Waals surface area (Å²) in [6, 6.07) is 15.2. The first kappa shape index (κ1) is 13.6. The minimum atomic E-state index is -0.193. The molecule has 3 rings (SSSR count). The third-order valence-corrected chi connectivity index (χ3v) is 3.56. The van der Waals surface area contributed by atoms with Crippen LogP contribution in [0.15, 0.2) is 54.7 Å². The summed E-state index contributed by atoms with van der Waals surface area (Å²) in [5.74, 6) is -0.193. The van der Waals surface area contributed by atoms with Crippen LogP contribution in [0.1, 0.15) is 15.9 Å². The second-order valence-electron chi connectivity index (χ2n) is 4.83. The van der Waals surface area contributed by atoms with Crippen LogP contribution in [0, 0.1) is 6.92 Å². The molecule has 104 valence electrons. The largest absolute Gasteiger partial charge is 0.319 e. The first-order valence-electron chi connectivity index (χ1n) is 6.56. The molecule has 0 fully saturated rings. The summed E-state index contributed by atoms with van der Waals surface area (Å²) in [5, 5.41) is 5.05. The van der Waals surface area contributed by atoms with Crippen molar-refractivity contribution in [1.29, 1.82) is 0 Å². The first-order chi connectivity index (χ1) is 10.1. The Bertz CT molecular complexity index is 825. The Kier molecular flexibility index (Phi) is 3.59. The number of fused-ring (bicyclic) bond motifs is 1. The van der Waals surface area contributed by atoms with E-state index in [1.807, 2.05) is 43.3 Å². The molecule has 1 amide bonds. The van der Waals surface area contributed by atoms with Gasteiger partial charge >= 0.3 is 0 Å². The van der Waals surface area contributed by atoms with E-state index in [9.17, 15) is 4.79 Å². The van der Waals surface area contributed by atoms with Crippen molar-refractivity contribution < 1.29 is 4.79 Å². The lowest BCUT2D eigenvalue weighted by Crippen LogP contribution is -2.13. The Morgan fingerprint density at radius 1 is 1.14 bits per heavy atom. The smallest absolute Gasteiger partial charge is 0.256 e. The van der Waals surface area contributed by atoms with Gasteiger partial charge in [-0.25, -0.2) is 4.98 Å². The number of hydrogen-bond donors (Lipinski definition) is 1. The maximum absolute atomic E-state index is 12.5. The van der Waals surface area contributed by atoms with Gasteiger partial charge in [-0.05, 0) is 35.4 Å². The van der Waals surface area contributed by atoms with E-state index < -0.39 is 0 Å². The number of hydrogen-bond acceptors (Lipinski definition) is 2. The molecule has 1 aromatic heterocycles. The van der Waals surface area contributed by atoms with E-state index in [0.29, 0.717) is 11.3 Å². The second kappa shape index (κ2) is 5.54. The monoisotopic (exact) mass is 296 g/mol. The van der Waals surface area contributed by atoms with Gasteiger partial charge < -0.3 is 5.32 Å². The van der Waals surface area contributed by atoms with Gasteiger partial charge in [-0.15, -0.1) is 0 Å². The molecule has 0 aliphatic carbocycles. The van der Waals surface area contributed by atoms with Gasteiger partial charge in [-0.2, -0.15) is 0 Å². The minimum absolute atomic E-state index is 0.193. The lowest BCUT2D eigenvalue weighted by atomic mass is 10.0. The number of aromatic nitrogens is 1. The highest BCUT2D eigenvalue weighted by molar-refractivity contribution is 6.32. The first-order valence-corrected chi connectivity index (χ1v) is 6.94. The van der Waals surface area contributed by atoms with Gasteiger partial charge in [0.25, 0.3) is 5.91 Å². The fraction of sp³-hybridized carbons (Fsp3) is 0.0588. The minimum Gasteiger partial charge on any atom is -0.319 e. The molecule has 1 heterocycles. The molecule has 0 bridgehead atoms. The van der Waals surface area contributed by atoms with Gasteiger partial charge in [0.15, 0.2) is 5.15 Å². The number of pyridine rings is 1. The number of carbonyl (C=O) groups is 1. The van der Waals surface area contributed by atoms with Gasteiger partial charge in [0.1, 0.15) is 0 Å². The zero-order chi connectivity index (χ0) is 14.8. The molecule has 3 nitrogen and oxygen atoms in total. The summed E-state index contributed by atoms with van der Waals surface area (Å²) in [7, 11) is 0. The number of halogens is 1.